The summed E-state index contributed by atoms with van der Waals surface area (Å²) < 4.78 is 4.66. The van der Waals surface area contributed by atoms with Crippen molar-refractivity contribution in [2.24, 2.45) is 5.92 Å². The Morgan fingerprint density at radius 1 is 1.06 bits per heavy atom. The first-order valence-electron chi connectivity index (χ1n) is 5.19. The van der Waals surface area contributed by atoms with Gasteiger partial charge in [-0.05, 0) is 13.8 Å². The molecule has 92 valence electrons. The Morgan fingerprint density at radius 3 is 1.94 bits per heavy atom. The third-order valence-corrected chi connectivity index (χ3v) is 2.08. The van der Waals surface area contributed by atoms with Crippen molar-refractivity contribution in [1.82, 2.24) is 0 Å². The third-order valence-electron chi connectivity index (χ3n) is 2.08. The maximum absolute atomic E-state index is 11.4. The fourth-order valence-corrected chi connectivity index (χ4v) is 0.858. The van der Waals surface area contributed by atoms with Gasteiger partial charge in [-0.2, -0.15) is 0 Å². The molecule has 5 nitrogen and oxygen atoms in total. The zero-order valence-electron chi connectivity index (χ0n) is 10.0. The molecule has 0 aromatic rings. The molecule has 0 saturated carbocycles. The first-order valence-corrected chi connectivity index (χ1v) is 5.19. The number of carbonyl (C=O) groups excluding carboxylic acids is 3. The van der Waals surface area contributed by atoms with E-state index in [4.69, 9.17) is 5.11 Å². The summed E-state index contributed by atoms with van der Waals surface area (Å²) in [5.74, 6) is -1.72. The summed E-state index contributed by atoms with van der Waals surface area (Å²) in [6.07, 6.45) is -2.51. The Hall–Kier alpha value is -1.23. The standard InChI is InChI=1S/C11H18O5/c1-6(2)9(13)5-10(14)8(4)16-11(15)7(3)12/h6-8,12H,5H2,1-4H3. The van der Waals surface area contributed by atoms with Crippen molar-refractivity contribution in [3.05, 3.63) is 0 Å². The molecule has 0 amide bonds. The molecule has 0 fully saturated rings. The number of rotatable bonds is 6. The lowest BCUT2D eigenvalue weighted by molar-refractivity contribution is -0.161. The van der Waals surface area contributed by atoms with Gasteiger partial charge < -0.3 is 9.84 Å². The van der Waals surface area contributed by atoms with E-state index in [9.17, 15) is 14.4 Å². The molecule has 16 heavy (non-hydrogen) atoms. The molecule has 0 radical (unpaired) electrons. The predicted molar refractivity (Wildman–Crippen MR) is 56.7 cm³/mol. The van der Waals surface area contributed by atoms with Crippen LogP contribution in [0, 0.1) is 5.92 Å². The molecule has 0 aliphatic heterocycles. The van der Waals surface area contributed by atoms with E-state index in [1.54, 1.807) is 13.8 Å². The number of hydrogen-bond donors (Lipinski definition) is 1. The van der Waals surface area contributed by atoms with Crippen molar-refractivity contribution < 1.29 is 24.2 Å². The molecule has 0 rings (SSSR count). The average molecular weight is 230 g/mol. The van der Waals surface area contributed by atoms with Crippen molar-refractivity contribution >= 4 is 17.5 Å². The van der Waals surface area contributed by atoms with Gasteiger partial charge in [0.15, 0.2) is 11.9 Å². The molecule has 0 aliphatic carbocycles. The summed E-state index contributed by atoms with van der Waals surface area (Å²) in [5, 5.41) is 8.87. The van der Waals surface area contributed by atoms with Crippen LogP contribution in [0.2, 0.25) is 0 Å². The number of Topliss-reactive ketones (excluding diaryl/α,β-unsaturated/α-hetero) is 2. The van der Waals surface area contributed by atoms with E-state index in [-0.39, 0.29) is 18.1 Å². The van der Waals surface area contributed by atoms with Gasteiger partial charge in [0.1, 0.15) is 11.9 Å². The van der Waals surface area contributed by atoms with Gasteiger partial charge in [-0.25, -0.2) is 4.79 Å². The fraction of sp³-hybridized carbons (Fsp3) is 0.727. The molecule has 1 N–H and O–H groups in total. The molecule has 0 aromatic carbocycles. The SMILES string of the molecule is CC(C)C(=O)CC(=O)C(C)OC(=O)C(C)O. The number of hydrogen-bond acceptors (Lipinski definition) is 5. The highest BCUT2D eigenvalue weighted by Crippen LogP contribution is 2.05. The Kier molecular flexibility index (Phi) is 5.88. The number of esters is 1. The summed E-state index contributed by atoms with van der Waals surface area (Å²) in [4.78, 5) is 33.7. The summed E-state index contributed by atoms with van der Waals surface area (Å²) in [6, 6.07) is 0. The van der Waals surface area contributed by atoms with Crippen LogP contribution in [0.4, 0.5) is 0 Å². The largest absolute Gasteiger partial charge is 0.453 e. The molecule has 0 aliphatic rings. The van der Waals surface area contributed by atoms with Gasteiger partial charge in [-0.15, -0.1) is 0 Å². The van der Waals surface area contributed by atoms with Crippen molar-refractivity contribution in [1.29, 1.82) is 0 Å². The van der Waals surface area contributed by atoms with Crippen LogP contribution >= 0.6 is 0 Å². The first kappa shape index (κ1) is 14.8. The van der Waals surface area contributed by atoms with E-state index in [2.05, 4.69) is 4.74 Å². The Labute approximate surface area is 94.8 Å². The van der Waals surface area contributed by atoms with Crippen LogP contribution in [-0.2, 0) is 19.1 Å². The topological polar surface area (TPSA) is 80.7 Å². The molecule has 0 aromatic heterocycles. The molecule has 2 unspecified atom stereocenters. The lowest BCUT2D eigenvalue weighted by Crippen LogP contribution is -2.31. The van der Waals surface area contributed by atoms with Gasteiger partial charge in [-0.1, -0.05) is 13.8 Å². The molecule has 0 spiro atoms. The minimum atomic E-state index is -1.27. The number of aliphatic hydroxyl groups excluding tert-OH is 1. The molecule has 0 saturated heterocycles. The molecule has 5 heteroatoms. The highest BCUT2D eigenvalue weighted by atomic mass is 16.6. The summed E-state index contributed by atoms with van der Waals surface area (Å²) in [7, 11) is 0. The molecule has 0 heterocycles. The average Bonchev–Trinajstić information content (AvgIpc) is 2.16. The van der Waals surface area contributed by atoms with Crippen LogP contribution in [0.3, 0.4) is 0 Å². The lowest BCUT2D eigenvalue weighted by Gasteiger charge is -2.13. The molecular weight excluding hydrogens is 212 g/mol. The van der Waals surface area contributed by atoms with Crippen LogP contribution in [-0.4, -0.2) is 34.9 Å². The zero-order chi connectivity index (χ0) is 12.9. The Balaban J connectivity index is 4.20. The van der Waals surface area contributed by atoms with Crippen molar-refractivity contribution in [2.45, 2.75) is 46.3 Å². The van der Waals surface area contributed by atoms with Gasteiger partial charge >= 0.3 is 5.97 Å². The van der Waals surface area contributed by atoms with E-state index in [1.165, 1.54) is 13.8 Å². The normalized spacial score (nSPS) is 14.4. The van der Waals surface area contributed by atoms with Gasteiger partial charge in [0, 0.05) is 5.92 Å². The van der Waals surface area contributed by atoms with E-state index in [1.807, 2.05) is 0 Å². The van der Waals surface area contributed by atoms with Crippen LogP contribution in [0.25, 0.3) is 0 Å². The van der Waals surface area contributed by atoms with Crippen molar-refractivity contribution in [2.75, 3.05) is 0 Å². The van der Waals surface area contributed by atoms with E-state index < -0.39 is 24.0 Å². The number of carbonyl (C=O) groups is 3. The summed E-state index contributed by atoms with van der Waals surface area (Å²) in [5.41, 5.74) is 0. The number of aliphatic hydroxyl groups is 1. The first-order chi connectivity index (χ1) is 7.25. The van der Waals surface area contributed by atoms with E-state index >= 15 is 0 Å². The lowest BCUT2D eigenvalue weighted by atomic mass is 10.0. The Morgan fingerprint density at radius 2 is 1.56 bits per heavy atom. The highest BCUT2D eigenvalue weighted by molar-refractivity contribution is 6.02. The summed E-state index contributed by atoms with van der Waals surface area (Å²) in [6.45, 7) is 6.03. The quantitative estimate of drug-likeness (QED) is 0.530. The highest BCUT2D eigenvalue weighted by Gasteiger charge is 2.23. The molecular formula is C11H18O5. The fourth-order valence-electron chi connectivity index (χ4n) is 0.858. The van der Waals surface area contributed by atoms with Crippen LogP contribution in [0.1, 0.15) is 34.1 Å². The van der Waals surface area contributed by atoms with Crippen LogP contribution in [0.5, 0.6) is 0 Å². The third kappa shape index (κ3) is 5.02. The number of ether oxygens (including phenoxy) is 1. The monoisotopic (exact) mass is 230 g/mol. The molecule has 2 atom stereocenters. The van der Waals surface area contributed by atoms with Crippen LogP contribution < -0.4 is 0 Å². The maximum Gasteiger partial charge on any atom is 0.335 e. The second-order valence-electron chi connectivity index (χ2n) is 4.02. The van der Waals surface area contributed by atoms with E-state index in [0.29, 0.717) is 0 Å². The minimum Gasteiger partial charge on any atom is -0.453 e. The van der Waals surface area contributed by atoms with E-state index in [0.717, 1.165) is 0 Å². The predicted octanol–water partition coefficient (Wildman–Crippen LogP) is 0.483. The van der Waals surface area contributed by atoms with Gasteiger partial charge in [0.05, 0.1) is 6.42 Å². The second kappa shape index (κ2) is 6.37. The zero-order valence-corrected chi connectivity index (χ0v) is 10.0. The van der Waals surface area contributed by atoms with Crippen LogP contribution in [0.15, 0.2) is 0 Å². The maximum atomic E-state index is 11.4. The van der Waals surface area contributed by atoms with Gasteiger partial charge in [0.2, 0.25) is 0 Å². The second-order valence-corrected chi connectivity index (χ2v) is 4.02. The Bertz CT molecular complexity index is 280. The van der Waals surface area contributed by atoms with Gasteiger partial charge in [0.25, 0.3) is 0 Å². The van der Waals surface area contributed by atoms with Crippen molar-refractivity contribution in [3.63, 3.8) is 0 Å². The smallest absolute Gasteiger partial charge is 0.335 e. The van der Waals surface area contributed by atoms with Gasteiger partial charge in [-0.3, -0.25) is 9.59 Å². The molecule has 0 bridgehead atoms. The van der Waals surface area contributed by atoms with Crippen molar-refractivity contribution in [3.8, 4) is 0 Å². The number of ketones is 2. The minimum absolute atomic E-state index is 0.190. The summed E-state index contributed by atoms with van der Waals surface area (Å²) >= 11 is 0.